The molecular formula is C25H32N6. The van der Waals surface area contributed by atoms with Crippen LogP contribution in [0.1, 0.15) is 44.1 Å². The van der Waals surface area contributed by atoms with Crippen molar-refractivity contribution in [1.29, 1.82) is 0 Å². The molecular weight excluding hydrogens is 384 g/mol. The zero-order chi connectivity index (χ0) is 21.0. The van der Waals surface area contributed by atoms with Crippen LogP contribution in [0.4, 0.5) is 17.8 Å². The molecule has 3 heterocycles. The van der Waals surface area contributed by atoms with Crippen molar-refractivity contribution in [2.75, 3.05) is 47.9 Å². The molecule has 2 aliphatic rings. The quantitative estimate of drug-likeness (QED) is 0.604. The Morgan fingerprint density at radius 3 is 1.94 bits per heavy atom. The molecule has 31 heavy (non-hydrogen) atoms. The zero-order valence-corrected chi connectivity index (χ0v) is 18.5. The van der Waals surface area contributed by atoms with Gasteiger partial charge in [0.15, 0.2) is 0 Å². The average molecular weight is 417 g/mol. The van der Waals surface area contributed by atoms with Gasteiger partial charge in [0, 0.05) is 39.8 Å². The number of benzene rings is 2. The van der Waals surface area contributed by atoms with Crippen LogP contribution in [0, 0.1) is 0 Å². The number of rotatable bonds is 5. The second-order valence-corrected chi connectivity index (χ2v) is 8.83. The molecule has 0 atom stereocenters. The van der Waals surface area contributed by atoms with Crippen LogP contribution in [0.3, 0.4) is 0 Å². The van der Waals surface area contributed by atoms with Crippen molar-refractivity contribution in [3.05, 3.63) is 48.0 Å². The third-order valence-electron chi connectivity index (χ3n) is 6.51. The lowest BCUT2D eigenvalue weighted by Gasteiger charge is -2.31. The number of fused-ring (bicyclic) bond motifs is 1. The Hall–Kier alpha value is -2.89. The summed E-state index contributed by atoms with van der Waals surface area (Å²) in [6, 6.07) is 15.1. The molecule has 1 aromatic heterocycles. The normalized spacial score (nSPS) is 17.2. The van der Waals surface area contributed by atoms with E-state index in [-0.39, 0.29) is 0 Å². The minimum absolute atomic E-state index is 0.768. The first kappa shape index (κ1) is 20.0. The van der Waals surface area contributed by atoms with Gasteiger partial charge in [0.2, 0.25) is 17.8 Å². The summed E-state index contributed by atoms with van der Waals surface area (Å²) >= 11 is 0. The molecule has 2 aliphatic heterocycles. The molecule has 6 heteroatoms. The number of hydrogen-bond donors (Lipinski definition) is 0. The van der Waals surface area contributed by atoms with Crippen molar-refractivity contribution in [3.63, 3.8) is 0 Å². The standard InChI is InChI=1S/C25H32N6/c1-29(19-21-13-10-12-20-11-4-5-14-22(20)21)23-26-24(30-15-6-2-7-16-30)28-25(27-23)31-17-8-3-9-18-31/h4-5,10-14H,2-3,6-9,15-19H2,1H3. The Kier molecular flexibility index (Phi) is 5.87. The first-order valence-corrected chi connectivity index (χ1v) is 11.7. The van der Waals surface area contributed by atoms with Crippen LogP contribution in [0.2, 0.25) is 0 Å². The fourth-order valence-corrected chi connectivity index (χ4v) is 4.74. The van der Waals surface area contributed by atoms with Crippen LogP contribution in [0.25, 0.3) is 10.8 Å². The molecule has 0 unspecified atom stereocenters. The highest BCUT2D eigenvalue weighted by atomic mass is 15.4. The summed E-state index contributed by atoms with van der Waals surface area (Å²) in [7, 11) is 2.09. The molecule has 0 spiro atoms. The predicted molar refractivity (Wildman–Crippen MR) is 128 cm³/mol. The Balaban J connectivity index is 1.47. The fourth-order valence-electron chi connectivity index (χ4n) is 4.74. The average Bonchev–Trinajstić information content (AvgIpc) is 2.85. The van der Waals surface area contributed by atoms with Gasteiger partial charge in [0.25, 0.3) is 0 Å². The summed E-state index contributed by atoms with van der Waals surface area (Å²) in [5, 5.41) is 2.56. The lowest BCUT2D eigenvalue weighted by atomic mass is 10.0. The summed E-state index contributed by atoms with van der Waals surface area (Å²) in [6.07, 6.45) is 7.46. The SMILES string of the molecule is CN(Cc1cccc2ccccc12)c1nc(N2CCCCC2)nc(N2CCCCC2)n1. The van der Waals surface area contributed by atoms with E-state index in [9.17, 15) is 0 Å². The van der Waals surface area contributed by atoms with Gasteiger partial charge >= 0.3 is 0 Å². The third-order valence-corrected chi connectivity index (χ3v) is 6.51. The van der Waals surface area contributed by atoms with Gasteiger partial charge < -0.3 is 14.7 Å². The van der Waals surface area contributed by atoms with E-state index < -0.39 is 0 Å². The molecule has 0 saturated carbocycles. The van der Waals surface area contributed by atoms with Crippen LogP contribution in [0.5, 0.6) is 0 Å². The van der Waals surface area contributed by atoms with Gasteiger partial charge in [-0.2, -0.15) is 15.0 Å². The van der Waals surface area contributed by atoms with Gasteiger partial charge in [0.1, 0.15) is 0 Å². The second kappa shape index (κ2) is 9.08. The van der Waals surface area contributed by atoms with E-state index in [4.69, 9.17) is 15.0 Å². The summed E-state index contributed by atoms with van der Waals surface area (Å²) in [4.78, 5) is 21.6. The van der Waals surface area contributed by atoms with E-state index in [0.717, 1.165) is 50.6 Å². The predicted octanol–water partition coefficient (Wildman–Crippen LogP) is 4.64. The molecule has 5 rings (SSSR count). The van der Waals surface area contributed by atoms with Crippen LogP contribution in [-0.2, 0) is 6.54 Å². The molecule has 0 amide bonds. The minimum atomic E-state index is 0.768. The monoisotopic (exact) mass is 416 g/mol. The molecule has 6 nitrogen and oxygen atoms in total. The molecule has 0 aliphatic carbocycles. The first-order chi connectivity index (χ1) is 15.3. The van der Waals surface area contributed by atoms with Gasteiger partial charge in [-0.05, 0) is 54.9 Å². The molecule has 2 aromatic carbocycles. The smallest absolute Gasteiger partial charge is 0.232 e. The number of nitrogens with zero attached hydrogens (tertiary/aromatic N) is 6. The summed E-state index contributed by atoms with van der Waals surface area (Å²) in [6.45, 7) is 4.92. The molecule has 2 fully saturated rings. The molecule has 162 valence electrons. The molecule has 3 aromatic rings. The lowest BCUT2D eigenvalue weighted by Crippen LogP contribution is -2.35. The summed E-state index contributed by atoms with van der Waals surface area (Å²) in [5.41, 5.74) is 1.29. The van der Waals surface area contributed by atoms with Crippen molar-refractivity contribution in [3.8, 4) is 0 Å². The summed E-state index contributed by atoms with van der Waals surface area (Å²) < 4.78 is 0. The van der Waals surface area contributed by atoms with Gasteiger partial charge in [-0.15, -0.1) is 0 Å². The number of piperidine rings is 2. The highest BCUT2D eigenvalue weighted by Gasteiger charge is 2.21. The van der Waals surface area contributed by atoms with Crippen LogP contribution >= 0.6 is 0 Å². The zero-order valence-electron chi connectivity index (χ0n) is 18.5. The minimum Gasteiger partial charge on any atom is -0.341 e. The highest BCUT2D eigenvalue weighted by Crippen LogP contribution is 2.25. The second-order valence-electron chi connectivity index (χ2n) is 8.83. The summed E-state index contributed by atoms with van der Waals surface area (Å²) in [5.74, 6) is 2.45. The van der Waals surface area contributed by atoms with Crippen molar-refractivity contribution in [1.82, 2.24) is 15.0 Å². The largest absolute Gasteiger partial charge is 0.341 e. The first-order valence-electron chi connectivity index (χ1n) is 11.7. The Morgan fingerprint density at radius 1 is 0.710 bits per heavy atom. The molecule has 0 bridgehead atoms. The molecule has 0 N–H and O–H groups in total. The highest BCUT2D eigenvalue weighted by molar-refractivity contribution is 5.85. The van der Waals surface area contributed by atoms with E-state index in [1.807, 2.05) is 0 Å². The Morgan fingerprint density at radius 2 is 1.29 bits per heavy atom. The van der Waals surface area contributed by atoms with Crippen molar-refractivity contribution in [2.45, 2.75) is 45.1 Å². The number of aromatic nitrogens is 3. The molecule has 0 radical (unpaired) electrons. The fraction of sp³-hybridized carbons (Fsp3) is 0.480. The van der Waals surface area contributed by atoms with E-state index in [1.165, 1.54) is 54.9 Å². The van der Waals surface area contributed by atoms with Crippen molar-refractivity contribution < 1.29 is 0 Å². The van der Waals surface area contributed by atoms with Gasteiger partial charge in [-0.3, -0.25) is 0 Å². The van der Waals surface area contributed by atoms with Gasteiger partial charge in [-0.1, -0.05) is 42.5 Å². The number of anilines is 3. The van der Waals surface area contributed by atoms with Gasteiger partial charge in [0.05, 0.1) is 0 Å². The lowest BCUT2D eigenvalue weighted by molar-refractivity contribution is 0.555. The van der Waals surface area contributed by atoms with Crippen LogP contribution in [0.15, 0.2) is 42.5 Å². The van der Waals surface area contributed by atoms with E-state index in [1.54, 1.807) is 0 Å². The Labute approximate surface area is 184 Å². The van der Waals surface area contributed by atoms with Crippen LogP contribution < -0.4 is 14.7 Å². The topological polar surface area (TPSA) is 48.4 Å². The number of hydrogen-bond acceptors (Lipinski definition) is 6. The van der Waals surface area contributed by atoms with Crippen LogP contribution in [-0.4, -0.2) is 48.2 Å². The maximum Gasteiger partial charge on any atom is 0.232 e. The Bertz CT molecular complexity index is 982. The van der Waals surface area contributed by atoms with Crippen molar-refractivity contribution in [2.24, 2.45) is 0 Å². The molecule has 2 saturated heterocycles. The van der Waals surface area contributed by atoms with Gasteiger partial charge in [-0.25, -0.2) is 0 Å². The van der Waals surface area contributed by atoms with Crippen molar-refractivity contribution >= 4 is 28.6 Å². The van der Waals surface area contributed by atoms with E-state index >= 15 is 0 Å². The van der Waals surface area contributed by atoms with E-state index in [0.29, 0.717) is 0 Å². The van der Waals surface area contributed by atoms with E-state index in [2.05, 4.69) is 64.2 Å². The maximum atomic E-state index is 4.93. The maximum absolute atomic E-state index is 4.93. The third kappa shape index (κ3) is 4.43.